The third kappa shape index (κ3) is 3.55. The minimum Gasteiger partial charge on any atom is -0.480 e. The molecule has 0 bridgehead atoms. The maximum Gasteiger partial charge on any atom is 0.331 e. The molecule has 1 atom stereocenters. The van der Waals surface area contributed by atoms with Crippen LogP contribution in [0.1, 0.15) is 26.3 Å². The fourth-order valence-corrected chi connectivity index (χ4v) is 1.84. The molecule has 0 aliphatic heterocycles. The molecule has 0 heterocycles. The molecule has 0 aromatic heterocycles. The summed E-state index contributed by atoms with van der Waals surface area (Å²) in [7, 11) is 2.78. The molecule has 0 spiro atoms. The first-order chi connectivity index (χ1) is 10.3. The van der Waals surface area contributed by atoms with Crippen molar-refractivity contribution in [2.45, 2.75) is 32.4 Å². The summed E-state index contributed by atoms with van der Waals surface area (Å²) in [6, 6.07) is 8.66. The SMILES string of the molecule is COC(=O)C(C)(C)N(C)C(=O)[C@@H](C)Oc1ccccc1C#N. The van der Waals surface area contributed by atoms with Crippen LogP contribution in [0.15, 0.2) is 24.3 Å². The van der Waals surface area contributed by atoms with E-state index in [4.69, 9.17) is 14.7 Å². The molecular weight excluding hydrogens is 284 g/mol. The van der Waals surface area contributed by atoms with Crippen molar-refractivity contribution in [3.8, 4) is 11.8 Å². The van der Waals surface area contributed by atoms with Gasteiger partial charge in [-0.3, -0.25) is 4.79 Å². The van der Waals surface area contributed by atoms with Crippen LogP contribution < -0.4 is 4.74 Å². The maximum atomic E-state index is 12.4. The molecule has 118 valence electrons. The summed E-state index contributed by atoms with van der Waals surface area (Å²) >= 11 is 0. The summed E-state index contributed by atoms with van der Waals surface area (Å²) in [4.78, 5) is 25.5. The van der Waals surface area contributed by atoms with E-state index in [2.05, 4.69) is 0 Å². The van der Waals surface area contributed by atoms with E-state index in [0.29, 0.717) is 11.3 Å². The molecule has 0 N–H and O–H groups in total. The van der Waals surface area contributed by atoms with E-state index in [-0.39, 0.29) is 5.91 Å². The van der Waals surface area contributed by atoms with E-state index in [0.717, 1.165) is 0 Å². The molecule has 0 unspecified atom stereocenters. The highest BCUT2D eigenvalue weighted by atomic mass is 16.5. The van der Waals surface area contributed by atoms with Gasteiger partial charge in [-0.25, -0.2) is 4.79 Å². The molecule has 22 heavy (non-hydrogen) atoms. The second-order valence-corrected chi connectivity index (χ2v) is 5.32. The fourth-order valence-electron chi connectivity index (χ4n) is 1.84. The number of esters is 1. The highest BCUT2D eigenvalue weighted by Crippen LogP contribution is 2.21. The van der Waals surface area contributed by atoms with E-state index in [1.165, 1.54) is 19.1 Å². The summed E-state index contributed by atoms with van der Waals surface area (Å²) in [5.41, 5.74) is -0.768. The van der Waals surface area contributed by atoms with Crippen molar-refractivity contribution in [3.63, 3.8) is 0 Å². The van der Waals surface area contributed by atoms with Crippen LogP contribution in [-0.2, 0) is 14.3 Å². The molecule has 1 aromatic rings. The Morgan fingerprint density at radius 1 is 1.32 bits per heavy atom. The van der Waals surface area contributed by atoms with E-state index in [9.17, 15) is 9.59 Å². The second kappa shape index (κ2) is 6.94. The molecule has 0 aliphatic rings. The normalized spacial score (nSPS) is 12.0. The molecule has 1 amide bonds. The third-order valence-corrected chi connectivity index (χ3v) is 3.51. The van der Waals surface area contributed by atoms with Gasteiger partial charge in [-0.15, -0.1) is 0 Å². The minimum atomic E-state index is -1.11. The van der Waals surface area contributed by atoms with Gasteiger partial charge in [-0.2, -0.15) is 5.26 Å². The number of ether oxygens (including phenoxy) is 2. The highest BCUT2D eigenvalue weighted by Gasteiger charge is 2.38. The predicted octanol–water partition coefficient (Wildman–Crippen LogP) is 1.74. The van der Waals surface area contributed by atoms with Crippen LogP contribution in [0.25, 0.3) is 0 Å². The molecule has 1 rings (SSSR count). The number of amides is 1. The molecule has 0 saturated carbocycles. The monoisotopic (exact) mass is 304 g/mol. The predicted molar refractivity (Wildman–Crippen MR) is 80.1 cm³/mol. The van der Waals surface area contributed by atoms with Crippen molar-refractivity contribution in [1.29, 1.82) is 5.26 Å². The number of hydrogen-bond acceptors (Lipinski definition) is 5. The maximum absolute atomic E-state index is 12.4. The largest absolute Gasteiger partial charge is 0.480 e. The zero-order valence-electron chi connectivity index (χ0n) is 13.4. The number of hydrogen-bond donors (Lipinski definition) is 0. The number of methoxy groups -OCH3 is 1. The number of rotatable bonds is 5. The van der Waals surface area contributed by atoms with Crippen LogP contribution in [0, 0.1) is 11.3 Å². The molecular formula is C16H20N2O4. The van der Waals surface area contributed by atoms with E-state index < -0.39 is 17.6 Å². The quantitative estimate of drug-likeness (QED) is 0.774. The first-order valence-corrected chi connectivity index (χ1v) is 6.77. The number of benzene rings is 1. The first-order valence-electron chi connectivity index (χ1n) is 6.77. The van der Waals surface area contributed by atoms with Crippen LogP contribution in [0.4, 0.5) is 0 Å². The zero-order chi connectivity index (χ0) is 16.9. The van der Waals surface area contributed by atoms with Gasteiger partial charge < -0.3 is 14.4 Å². The minimum absolute atomic E-state index is 0.329. The van der Waals surface area contributed by atoms with Crippen LogP contribution in [0.5, 0.6) is 5.75 Å². The zero-order valence-corrected chi connectivity index (χ0v) is 13.4. The lowest BCUT2D eigenvalue weighted by Crippen LogP contribution is -2.54. The average molecular weight is 304 g/mol. The number of likely N-dealkylation sites (N-methyl/N-ethyl adjacent to an activating group) is 1. The molecule has 1 aromatic carbocycles. The van der Waals surface area contributed by atoms with E-state index in [1.807, 2.05) is 6.07 Å². The van der Waals surface area contributed by atoms with Crippen LogP contribution in [0.2, 0.25) is 0 Å². The van der Waals surface area contributed by atoms with Gasteiger partial charge in [0, 0.05) is 7.05 Å². The summed E-state index contributed by atoms with van der Waals surface area (Å²) in [5, 5.41) is 9.03. The lowest BCUT2D eigenvalue weighted by atomic mass is 10.0. The molecule has 0 saturated heterocycles. The lowest BCUT2D eigenvalue weighted by Gasteiger charge is -2.34. The van der Waals surface area contributed by atoms with Gasteiger partial charge in [0.25, 0.3) is 5.91 Å². The fraction of sp³-hybridized carbons (Fsp3) is 0.438. The summed E-state index contributed by atoms with van der Waals surface area (Å²) < 4.78 is 10.3. The lowest BCUT2D eigenvalue weighted by molar-refractivity contribution is -0.160. The number of nitrogens with zero attached hydrogens (tertiary/aromatic N) is 2. The summed E-state index contributed by atoms with van der Waals surface area (Å²) in [6.07, 6.45) is -0.844. The molecule has 6 heteroatoms. The Morgan fingerprint density at radius 2 is 1.91 bits per heavy atom. The van der Waals surface area contributed by atoms with Gasteiger partial charge in [0.15, 0.2) is 6.10 Å². The van der Waals surface area contributed by atoms with E-state index in [1.54, 1.807) is 45.0 Å². The van der Waals surface area contributed by atoms with Crippen molar-refractivity contribution in [2.75, 3.05) is 14.2 Å². The van der Waals surface area contributed by atoms with Crippen molar-refractivity contribution < 1.29 is 19.1 Å². The molecule has 0 fully saturated rings. The topological polar surface area (TPSA) is 79.6 Å². The Morgan fingerprint density at radius 3 is 2.45 bits per heavy atom. The smallest absolute Gasteiger partial charge is 0.331 e. The van der Waals surface area contributed by atoms with Gasteiger partial charge in [0.05, 0.1) is 12.7 Å². The van der Waals surface area contributed by atoms with Crippen molar-refractivity contribution in [1.82, 2.24) is 4.90 Å². The van der Waals surface area contributed by atoms with Crippen LogP contribution in [-0.4, -0.2) is 42.6 Å². The summed E-state index contributed by atoms with van der Waals surface area (Å²) in [6.45, 7) is 4.75. The Bertz CT molecular complexity index is 604. The number of para-hydroxylation sites is 1. The standard InChI is InChI=1S/C16H20N2O4/c1-11(22-13-9-7-6-8-12(13)10-17)14(19)18(4)16(2,3)15(20)21-5/h6-9,11H,1-5H3/t11-/m1/s1. The Hall–Kier alpha value is -2.55. The van der Waals surface area contributed by atoms with Crippen molar-refractivity contribution in [2.24, 2.45) is 0 Å². The van der Waals surface area contributed by atoms with Crippen LogP contribution >= 0.6 is 0 Å². The third-order valence-electron chi connectivity index (χ3n) is 3.51. The highest BCUT2D eigenvalue weighted by molar-refractivity contribution is 5.89. The van der Waals surface area contributed by atoms with E-state index >= 15 is 0 Å². The van der Waals surface area contributed by atoms with Gasteiger partial charge >= 0.3 is 5.97 Å². The van der Waals surface area contributed by atoms with Crippen LogP contribution in [0.3, 0.4) is 0 Å². The Kier molecular flexibility index (Phi) is 5.52. The molecule has 0 radical (unpaired) electrons. The Labute approximate surface area is 130 Å². The average Bonchev–Trinajstić information content (AvgIpc) is 2.52. The van der Waals surface area contributed by atoms with Gasteiger partial charge in [0.1, 0.15) is 17.4 Å². The van der Waals surface area contributed by atoms with Crippen molar-refractivity contribution in [3.05, 3.63) is 29.8 Å². The van der Waals surface area contributed by atoms with Crippen molar-refractivity contribution >= 4 is 11.9 Å². The summed E-state index contributed by atoms with van der Waals surface area (Å²) in [5.74, 6) is -0.578. The number of carbonyl (C=O) groups excluding carboxylic acids is 2. The number of nitriles is 1. The Balaban J connectivity index is 2.90. The van der Waals surface area contributed by atoms with Gasteiger partial charge in [0.2, 0.25) is 0 Å². The second-order valence-electron chi connectivity index (χ2n) is 5.32. The molecule has 6 nitrogen and oxygen atoms in total. The molecule has 0 aliphatic carbocycles. The first kappa shape index (κ1) is 17.5. The van der Waals surface area contributed by atoms with Gasteiger partial charge in [-0.1, -0.05) is 12.1 Å². The van der Waals surface area contributed by atoms with Gasteiger partial charge in [-0.05, 0) is 32.9 Å². The number of carbonyl (C=O) groups is 2.